The highest BCUT2D eigenvalue weighted by Gasteiger charge is 2.29. The van der Waals surface area contributed by atoms with Gasteiger partial charge in [0, 0.05) is 12.2 Å². The molecule has 1 atom stereocenters. The number of hydrogen-bond donors (Lipinski definition) is 0. The summed E-state index contributed by atoms with van der Waals surface area (Å²) in [5.74, 6) is -0.657. The van der Waals surface area contributed by atoms with Crippen LogP contribution in [0.2, 0.25) is 0 Å². The molecular weight excluding hydrogens is 363 g/mol. The molecule has 2 aromatic carbocycles. The Labute approximate surface area is 161 Å². The fourth-order valence-electron chi connectivity index (χ4n) is 3.22. The van der Waals surface area contributed by atoms with Crippen LogP contribution in [0.5, 0.6) is 0 Å². The number of nitrogens with zero attached hydrogens (tertiary/aromatic N) is 4. The lowest BCUT2D eigenvalue weighted by Crippen LogP contribution is -2.23. The topological polar surface area (TPSA) is 69.5 Å². The van der Waals surface area contributed by atoms with E-state index in [0.717, 1.165) is 11.3 Å². The molecule has 2 heterocycles. The van der Waals surface area contributed by atoms with E-state index < -0.39 is 0 Å². The summed E-state index contributed by atoms with van der Waals surface area (Å²) in [5, 5.41) is 8.42. The molecule has 0 saturated carbocycles. The third-order valence-electron chi connectivity index (χ3n) is 4.55. The fraction of sp³-hybridized carbons (Fsp3) is 0.250. The summed E-state index contributed by atoms with van der Waals surface area (Å²) < 4.78 is 25.5. The van der Waals surface area contributed by atoms with Gasteiger partial charge in [-0.3, -0.25) is 0 Å². The predicted molar refractivity (Wildman–Crippen MR) is 99.3 cm³/mol. The normalized spacial score (nSPS) is 16.4. The van der Waals surface area contributed by atoms with Gasteiger partial charge in [0.1, 0.15) is 11.5 Å². The number of carbonyl (C=O) groups is 1. The van der Waals surface area contributed by atoms with Crippen LogP contribution in [-0.2, 0) is 16.0 Å². The van der Waals surface area contributed by atoms with Crippen LogP contribution in [0.1, 0.15) is 27.8 Å². The Bertz CT molecular complexity index is 974. The number of halogens is 1. The average Bonchev–Trinajstić information content (AvgIpc) is 3.37. The number of ether oxygens (including phenoxy) is 2. The van der Waals surface area contributed by atoms with Crippen LogP contribution >= 0.6 is 0 Å². The van der Waals surface area contributed by atoms with Crippen molar-refractivity contribution in [3.63, 3.8) is 0 Å². The van der Waals surface area contributed by atoms with E-state index in [4.69, 9.17) is 9.47 Å². The van der Waals surface area contributed by atoms with Gasteiger partial charge in [0.15, 0.2) is 6.23 Å². The second-order valence-electron chi connectivity index (χ2n) is 6.43. The summed E-state index contributed by atoms with van der Waals surface area (Å²) in [4.78, 5) is 13.7. The molecule has 0 bridgehead atoms. The Kier molecular flexibility index (Phi) is 5.03. The number of esters is 1. The minimum absolute atomic E-state index is 0.277. The SMILES string of the molecule is COC(=O)c1cccc(Cn2cc(C3OCCN3c3ccc(F)cc3)nn2)c1. The van der Waals surface area contributed by atoms with Crippen LogP contribution in [-0.4, -0.2) is 41.2 Å². The van der Waals surface area contributed by atoms with E-state index >= 15 is 0 Å². The molecule has 1 aliphatic heterocycles. The molecular formula is C20H19FN4O3. The van der Waals surface area contributed by atoms with E-state index in [1.807, 2.05) is 17.2 Å². The smallest absolute Gasteiger partial charge is 0.337 e. The summed E-state index contributed by atoms with van der Waals surface area (Å²) in [5.41, 5.74) is 2.93. The molecule has 1 fully saturated rings. The maximum Gasteiger partial charge on any atom is 0.337 e. The van der Waals surface area contributed by atoms with Crippen LogP contribution in [0, 0.1) is 5.82 Å². The monoisotopic (exact) mass is 382 g/mol. The van der Waals surface area contributed by atoms with Gasteiger partial charge in [-0.05, 0) is 42.0 Å². The summed E-state index contributed by atoms with van der Waals surface area (Å²) >= 11 is 0. The molecule has 0 N–H and O–H groups in total. The lowest BCUT2D eigenvalue weighted by Gasteiger charge is -2.23. The summed E-state index contributed by atoms with van der Waals surface area (Å²) in [6.45, 7) is 1.70. The molecule has 3 aromatic rings. The molecule has 4 rings (SSSR count). The number of hydrogen-bond acceptors (Lipinski definition) is 6. The summed E-state index contributed by atoms with van der Waals surface area (Å²) in [6.07, 6.45) is 1.44. The molecule has 0 amide bonds. The second kappa shape index (κ2) is 7.77. The maximum absolute atomic E-state index is 13.2. The van der Waals surface area contributed by atoms with Crippen molar-refractivity contribution in [2.45, 2.75) is 12.8 Å². The Morgan fingerprint density at radius 1 is 1.29 bits per heavy atom. The van der Waals surface area contributed by atoms with Crippen molar-refractivity contribution >= 4 is 11.7 Å². The van der Waals surface area contributed by atoms with Gasteiger partial charge in [0.05, 0.1) is 32.0 Å². The van der Waals surface area contributed by atoms with Gasteiger partial charge in [0.25, 0.3) is 0 Å². The molecule has 28 heavy (non-hydrogen) atoms. The second-order valence-corrected chi connectivity index (χ2v) is 6.43. The highest BCUT2D eigenvalue weighted by molar-refractivity contribution is 5.89. The molecule has 0 aliphatic carbocycles. The van der Waals surface area contributed by atoms with Crippen LogP contribution < -0.4 is 4.90 Å². The molecule has 0 spiro atoms. The first-order valence-corrected chi connectivity index (χ1v) is 8.85. The van der Waals surface area contributed by atoms with Gasteiger partial charge in [-0.1, -0.05) is 17.3 Å². The highest BCUT2D eigenvalue weighted by atomic mass is 19.1. The molecule has 144 valence electrons. The molecule has 1 unspecified atom stereocenters. The Morgan fingerprint density at radius 2 is 2.11 bits per heavy atom. The van der Waals surface area contributed by atoms with Gasteiger partial charge >= 0.3 is 5.97 Å². The third kappa shape index (κ3) is 3.72. The van der Waals surface area contributed by atoms with E-state index in [9.17, 15) is 9.18 Å². The summed E-state index contributed by atoms with van der Waals surface area (Å²) in [6, 6.07) is 13.5. The molecule has 7 nitrogen and oxygen atoms in total. The Balaban J connectivity index is 1.51. The van der Waals surface area contributed by atoms with E-state index in [2.05, 4.69) is 10.3 Å². The maximum atomic E-state index is 13.2. The van der Waals surface area contributed by atoms with E-state index in [0.29, 0.717) is 31.0 Å². The number of rotatable bonds is 5. The van der Waals surface area contributed by atoms with Crippen LogP contribution in [0.4, 0.5) is 10.1 Å². The molecule has 0 radical (unpaired) electrons. The van der Waals surface area contributed by atoms with E-state index in [-0.39, 0.29) is 18.0 Å². The first-order valence-electron chi connectivity index (χ1n) is 8.85. The number of methoxy groups -OCH3 is 1. The van der Waals surface area contributed by atoms with Crippen molar-refractivity contribution in [2.75, 3.05) is 25.2 Å². The van der Waals surface area contributed by atoms with Crippen molar-refractivity contribution in [3.8, 4) is 0 Å². The molecule has 1 aliphatic rings. The van der Waals surface area contributed by atoms with Gasteiger partial charge < -0.3 is 14.4 Å². The average molecular weight is 382 g/mol. The first-order chi connectivity index (χ1) is 13.6. The molecule has 1 aromatic heterocycles. The number of carbonyl (C=O) groups excluding carboxylic acids is 1. The van der Waals surface area contributed by atoms with Crippen molar-refractivity contribution in [1.29, 1.82) is 0 Å². The Hall–Kier alpha value is -3.26. The number of aromatic nitrogens is 3. The first kappa shape index (κ1) is 18.1. The zero-order valence-corrected chi connectivity index (χ0v) is 15.3. The van der Waals surface area contributed by atoms with Crippen LogP contribution in [0.3, 0.4) is 0 Å². The molecule has 1 saturated heterocycles. The highest BCUT2D eigenvalue weighted by Crippen LogP contribution is 2.31. The van der Waals surface area contributed by atoms with Crippen LogP contribution in [0.25, 0.3) is 0 Å². The van der Waals surface area contributed by atoms with E-state index in [1.54, 1.807) is 35.0 Å². The molecule has 8 heteroatoms. The minimum atomic E-state index is -0.379. The number of anilines is 1. The Morgan fingerprint density at radius 3 is 2.89 bits per heavy atom. The van der Waals surface area contributed by atoms with Gasteiger partial charge in [0.2, 0.25) is 0 Å². The van der Waals surface area contributed by atoms with Gasteiger partial charge in [-0.25, -0.2) is 13.9 Å². The van der Waals surface area contributed by atoms with Gasteiger partial charge in [-0.15, -0.1) is 5.10 Å². The van der Waals surface area contributed by atoms with Crippen molar-refractivity contribution in [1.82, 2.24) is 15.0 Å². The van der Waals surface area contributed by atoms with E-state index in [1.165, 1.54) is 19.2 Å². The predicted octanol–water partition coefficient (Wildman–Crippen LogP) is 2.79. The lowest BCUT2D eigenvalue weighted by molar-refractivity contribution is 0.0600. The minimum Gasteiger partial charge on any atom is -0.465 e. The van der Waals surface area contributed by atoms with Crippen molar-refractivity contribution in [3.05, 3.63) is 77.4 Å². The van der Waals surface area contributed by atoms with Crippen LogP contribution in [0.15, 0.2) is 54.7 Å². The van der Waals surface area contributed by atoms with Crippen molar-refractivity contribution in [2.24, 2.45) is 0 Å². The zero-order valence-electron chi connectivity index (χ0n) is 15.3. The summed E-state index contributed by atoms with van der Waals surface area (Å²) in [7, 11) is 1.35. The third-order valence-corrected chi connectivity index (χ3v) is 4.55. The largest absolute Gasteiger partial charge is 0.465 e. The quantitative estimate of drug-likeness (QED) is 0.632. The number of benzene rings is 2. The fourth-order valence-corrected chi connectivity index (χ4v) is 3.22. The van der Waals surface area contributed by atoms with Gasteiger partial charge in [-0.2, -0.15) is 0 Å². The van der Waals surface area contributed by atoms with Crippen molar-refractivity contribution < 1.29 is 18.7 Å². The zero-order chi connectivity index (χ0) is 19.5. The lowest BCUT2D eigenvalue weighted by atomic mass is 10.1. The standard InChI is InChI=1S/C20H19FN4O3/c1-27-20(26)15-4-2-3-14(11-15)12-24-13-18(22-23-24)19-25(9-10-28-19)17-7-5-16(21)6-8-17/h2-8,11,13,19H,9-10,12H2,1H3.